The Morgan fingerprint density at radius 2 is 2.28 bits per heavy atom. The zero-order chi connectivity index (χ0) is 12.4. The molecule has 18 heavy (non-hydrogen) atoms. The molecule has 4 heteroatoms. The Kier molecular flexibility index (Phi) is 3.16. The Hall–Kier alpha value is -1.60. The van der Waals surface area contributed by atoms with Crippen LogP contribution in [0, 0.1) is 17.2 Å². The molecule has 1 aromatic rings. The predicted octanol–water partition coefficient (Wildman–Crippen LogP) is 1.85. The number of hydrogen-bond donors (Lipinski definition) is 1. The summed E-state index contributed by atoms with van der Waals surface area (Å²) in [7, 11) is 0. The number of hydrogen-bond acceptors (Lipinski definition) is 4. The standard InChI is InChI=1S/C14H18N4/c15-7-12-1-2-13(9-17-12)16-8-11-5-6-18(10-11)14-3-4-14/h1-2,9,11,14,16H,3-6,8,10H2. The lowest BCUT2D eigenvalue weighted by molar-refractivity contribution is 0.316. The Balaban J connectivity index is 1.47. The molecule has 1 saturated carbocycles. The molecule has 1 aliphatic heterocycles. The second-order valence-electron chi connectivity index (χ2n) is 5.31. The van der Waals surface area contributed by atoms with Gasteiger partial charge in [0.15, 0.2) is 0 Å². The Morgan fingerprint density at radius 1 is 1.39 bits per heavy atom. The third kappa shape index (κ3) is 2.62. The Labute approximate surface area is 108 Å². The first-order chi connectivity index (χ1) is 8.85. The summed E-state index contributed by atoms with van der Waals surface area (Å²) in [6.07, 6.45) is 5.85. The molecule has 0 bridgehead atoms. The quantitative estimate of drug-likeness (QED) is 0.875. The van der Waals surface area contributed by atoms with Gasteiger partial charge in [0.2, 0.25) is 0 Å². The summed E-state index contributed by atoms with van der Waals surface area (Å²) in [5.74, 6) is 0.751. The molecule has 2 heterocycles. The maximum absolute atomic E-state index is 8.68. The number of likely N-dealkylation sites (tertiary alicyclic amines) is 1. The van der Waals surface area contributed by atoms with Crippen LogP contribution < -0.4 is 5.32 Å². The molecule has 0 spiro atoms. The lowest BCUT2D eigenvalue weighted by Crippen LogP contribution is -2.24. The summed E-state index contributed by atoms with van der Waals surface area (Å²) < 4.78 is 0. The van der Waals surface area contributed by atoms with Gasteiger partial charge in [0.05, 0.1) is 11.9 Å². The van der Waals surface area contributed by atoms with E-state index in [0.717, 1.165) is 24.2 Å². The average molecular weight is 242 g/mol. The number of nitrogens with zero attached hydrogens (tertiary/aromatic N) is 3. The van der Waals surface area contributed by atoms with Gasteiger partial charge in [-0.3, -0.25) is 0 Å². The van der Waals surface area contributed by atoms with Crippen molar-refractivity contribution in [1.82, 2.24) is 9.88 Å². The van der Waals surface area contributed by atoms with E-state index < -0.39 is 0 Å². The highest BCUT2D eigenvalue weighted by Gasteiger charge is 2.34. The van der Waals surface area contributed by atoms with Crippen molar-refractivity contribution in [2.45, 2.75) is 25.3 Å². The molecule has 0 amide bonds. The summed E-state index contributed by atoms with van der Waals surface area (Å²) in [4.78, 5) is 6.69. The minimum Gasteiger partial charge on any atom is -0.383 e. The second-order valence-corrected chi connectivity index (χ2v) is 5.31. The highest BCUT2D eigenvalue weighted by molar-refractivity contribution is 5.42. The molecule has 4 nitrogen and oxygen atoms in total. The smallest absolute Gasteiger partial charge is 0.140 e. The van der Waals surface area contributed by atoms with E-state index in [1.54, 1.807) is 12.3 Å². The van der Waals surface area contributed by atoms with Gasteiger partial charge in [0.25, 0.3) is 0 Å². The number of rotatable bonds is 4. The molecule has 2 fully saturated rings. The van der Waals surface area contributed by atoms with Crippen LogP contribution in [-0.4, -0.2) is 35.6 Å². The molecular formula is C14H18N4. The molecule has 1 unspecified atom stereocenters. The first-order valence-electron chi connectivity index (χ1n) is 6.69. The van der Waals surface area contributed by atoms with Crippen molar-refractivity contribution in [3.05, 3.63) is 24.0 Å². The number of anilines is 1. The van der Waals surface area contributed by atoms with Crippen molar-refractivity contribution < 1.29 is 0 Å². The van der Waals surface area contributed by atoms with E-state index in [-0.39, 0.29) is 0 Å². The molecule has 94 valence electrons. The lowest BCUT2D eigenvalue weighted by Gasteiger charge is -2.15. The van der Waals surface area contributed by atoms with E-state index in [2.05, 4.69) is 15.2 Å². The summed E-state index contributed by atoms with van der Waals surface area (Å²) in [6.45, 7) is 3.51. The van der Waals surface area contributed by atoms with Gasteiger partial charge in [0.1, 0.15) is 11.8 Å². The highest BCUT2D eigenvalue weighted by atomic mass is 15.2. The van der Waals surface area contributed by atoms with Gasteiger partial charge in [-0.05, 0) is 43.9 Å². The number of aromatic nitrogens is 1. The first-order valence-corrected chi connectivity index (χ1v) is 6.69. The van der Waals surface area contributed by atoms with E-state index in [9.17, 15) is 0 Å². The van der Waals surface area contributed by atoms with Crippen molar-refractivity contribution >= 4 is 5.69 Å². The van der Waals surface area contributed by atoms with Crippen LogP contribution in [0.1, 0.15) is 25.0 Å². The minimum atomic E-state index is 0.473. The summed E-state index contributed by atoms with van der Waals surface area (Å²) >= 11 is 0. The van der Waals surface area contributed by atoms with Crippen LogP contribution in [0.15, 0.2) is 18.3 Å². The van der Waals surface area contributed by atoms with Crippen LogP contribution in [0.4, 0.5) is 5.69 Å². The number of pyridine rings is 1. The van der Waals surface area contributed by atoms with Crippen LogP contribution in [0.5, 0.6) is 0 Å². The van der Waals surface area contributed by atoms with Crippen molar-refractivity contribution in [2.24, 2.45) is 5.92 Å². The van der Waals surface area contributed by atoms with Gasteiger partial charge in [-0.25, -0.2) is 4.98 Å². The first kappa shape index (κ1) is 11.5. The van der Waals surface area contributed by atoms with E-state index in [0.29, 0.717) is 5.69 Å². The zero-order valence-corrected chi connectivity index (χ0v) is 10.5. The number of nitriles is 1. The molecule has 1 aromatic heterocycles. The van der Waals surface area contributed by atoms with E-state index >= 15 is 0 Å². The molecule has 2 aliphatic rings. The fraction of sp³-hybridized carbons (Fsp3) is 0.571. The van der Waals surface area contributed by atoms with E-state index in [4.69, 9.17) is 5.26 Å². The maximum Gasteiger partial charge on any atom is 0.140 e. The van der Waals surface area contributed by atoms with E-state index in [1.165, 1.54) is 32.4 Å². The average Bonchev–Trinajstić information content (AvgIpc) is 3.16. The summed E-state index contributed by atoms with van der Waals surface area (Å²) in [5.41, 5.74) is 1.49. The highest BCUT2D eigenvalue weighted by Crippen LogP contribution is 2.31. The molecular weight excluding hydrogens is 224 g/mol. The van der Waals surface area contributed by atoms with Crippen LogP contribution in [0.3, 0.4) is 0 Å². The fourth-order valence-electron chi connectivity index (χ4n) is 2.63. The molecule has 1 atom stereocenters. The third-order valence-corrected chi connectivity index (χ3v) is 3.85. The van der Waals surface area contributed by atoms with Crippen LogP contribution in [-0.2, 0) is 0 Å². The molecule has 3 rings (SSSR count). The van der Waals surface area contributed by atoms with Gasteiger partial charge in [-0.15, -0.1) is 0 Å². The van der Waals surface area contributed by atoms with Crippen LogP contribution in [0.25, 0.3) is 0 Å². The van der Waals surface area contributed by atoms with Crippen molar-refractivity contribution in [3.63, 3.8) is 0 Å². The van der Waals surface area contributed by atoms with Gasteiger partial charge < -0.3 is 10.2 Å². The summed E-state index contributed by atoms with van der Waals surface area (Å²) in [6, 6.07) is 6.61. The largest absolute Gasteiger partial charge is 0.383 e. The minimum absolute atomic E-state index is 0.473. The maximum atomic E-state index is 8.68. The number of nitrogens with one attached hydrogen (secondary N) is 1. The predicted molar refractivity (Wildman–Crippen MR) is 70.1 cm³/mol. The monoisotopic (exact) mass is 242 g/mol. The van der Waals surface area contributed by atoms with Crippen LogP contribution in [0.2, 0.25) is 0 Å². The lowest BCUT2D eigenvalue weighted by atomic mass is 10.1. The molecule has 1 aliphatic carbocycles. The normalized spacial score (nSPS) is 23.8. The van der Waals surface area contributed by atoms with Crippen molar-refractivity contribution in [3.8, 4) is 6.07 Å². The SMILES string of the molecule is N#Cc1ccc(NCC2CCN(C3CC3)C2)cn1. The van der Waals surface area contributed by atoms with Crippen molar-refractivity contribution in [1.29, 1.82) is 5.26 Å². The van der Waals surface area contributed by atoms with Gasteiger partial charge >= 0.3 is 0 Å². The molecule has 0 radical (unpaired) electrons. The van der Waals surface area contributed by atoms with Crippen molar-refractivity contribution in [2.75, 3.05) is 25.0 Å². The fourth-order valence-corrected chi connectivity index (χ4v) is 2.63. The zero-order valence-electron chi connectivity index (χ0n) is 10.5. The van der Waals surface area contributed by atoms with Gasteiger partial charge in [0, 0.05) is 19.1 Å². The third-order valence-electron chi connectivity index (χ3n) is 3.85. The van der Waals surface area contributed by atoms with Gasteiger partial charge in [-0.1, -0.05) is 0 Å². The molecule has 1 N–H and O–H groups in total. The molecule has 1 saturated heterocycles. The molecule has 0 aromatic carbocycles. The Bertz CT molecular complexity index is 444. The van der Waals surface area contributed by atoms with Gasteiger partial charge in [-0.2, -0.15) is 5.26 Å². The topological polar surface area (TPSA) is 52.0 Å². The summed E-state index contributed by atoms with van der Waals surface area (Å²) in [5, 5.41) is 12.1. The second kappa shape index (κ2) is 4.95. The van der Waals surface area contributed by atoms with Crippen LogP contribution >= 0.6 is 0 Å². The Morgan fingerprint density at radius 3 is 2.94 bits per heavy atom. The van der Waals surface area contributed by atoms with E-state index in [1.807, 2.05) is 12.1 Å².